The van der Waals surface area contributed by atoms with Gasteiger partial charge in [-0.05, 0) is 69.0 Å². The molecule has 1 aliphatic heterocycles. The number of amides is 1. The molecule has 1 aliphatic carbocycles. The van der Waals surface area contributed by atoms with Crippen LogP contribution in [0.5, 0.6) is 5.75 Å². The third-order valence-electron chi connectivity index (χ3n) is 7.60. The van der Waals surface area contributed by atoms with Crippen LogP contribution >= 0.6 is 0 Å². The van der Waals surface area contributed by atoms with Gasteiger partial charge in [-0.1, -0.05) is 31.4 Å². The molecule has 1 aromatic carbocycles. The van der Waals surface area contributed by atoms with Crippen LogP contribution < -0.4 is 10.1 Å². The highest BCUT2D eigenvalue weighted by molar-refractivity contribution is 5.78. The number of piperazine rings is 1. The molecule has 1 saturated carbocycles. The number of carbonyl (C=O) groups is 1. The van der Waals surface area contributed by atoms with E-state index in [0.29, 0.717) is 18.9 Å². The molecule has 0 spiro atoms. The number of nitrogens with one attached hydrogen (secondary N) is 1. The molecular formula is C29H42N4O2. The van der Waals surface area contributed by atoms with Crippen molar-refractivity contribution in [2.45, 2.75) is 65.0 Å². The Kier molecular flexibility index (Phi) is 9.16. The van der Waals surface area contributed by atoms with Crippen LogP contribution in [0, 0.1) is 5.92 Å². The molecule has 35 heavy (non-hydrogen) atoms. The minimum Gasteiger partial charge on any atom is -0.494 e. The van der Waals surface area contributed by atoms with Gasteiger partial charge >= 0.3 is 0 Å². The highest BCUT2D eigenvalue weighted by Crippen LogP contribution is 2.29. The highest BCUT2D eigenvalue weighted by atomic mass is 16.5. The Hall–Kier alpha value is -2.44. The number of pyridine rings is 1. The van der Waals surface area contributed by atoms with E-state index in [-0.39, 0.29) is 11.9 Å². The first-order valence-corrected chi connectivity index (χ1v) is 13.4. The second kappa shape index (κ2) is 12.5. The van der Waals surface area contributed by atoms with Gasteiger partial charge in [-0.15, -0.1) is 0 Å². The first-order chi connectivity index (χ1) is 17.0. The van der Waals surface area contributed by atoms with Gasteiger partial charge in [0.25, 0.3) is 0 Å². The Morgan fingerprint density at radius 3 is 2.57 bits per heavy atom. The molecule has 6 nitrogen and oxygen atoms in total. The minimum absolute atomic E-state index is 0.0696. The Morgan fingerprint density at radius 2 is 1.89 bits per heavy atom. The fraction of sp³-hybridized carbons (Fsp3) is 0.586. The summed E-state index contributed by atoms with van der Waals surface area (Å²) in [6.07, 6.45) is 8.61. The van der Waals surface area contributed by atoms with Crippen molar-refractivity contribution in [2.24, 2.45) is 5.92 Å². The Balaban J connectivity index is 1.42. The van der Waals surface area contributed by atoms with Crippen LogP contribution in [0.2, 0.25) is 0 Å². The Bertz CT molecular complexity index is 948. The van der Waals surface area contributed by atoms with Crippen molar-refractivity contribution >= 4 is 5.91 Å². The average Bonchev–Trinajstić information content (AvgIpc) is 2.87. The molecule has 0 unspecified atom stereocenters. The lowest BCUT2D eigenvalue weighted by Gasteiger charge is -2.32. The number of rotatable bonds is 9. The molecule has 2 heterocycles. The maximum absolute atomic E-state index is 12.6. The quantitative estimate of drug-likeness (QED) is 0.574. The van der Waals surface area contributed by atoms with Crippen LogP contribution in [-0.2, 0) is 17.8 Å². The molecule has 1 saturated heterocycles. The van der Waals surface area contributed by atoms with Crippen molar-refractivity contribution < 1.29 is 9.53 Å². The summed E-state index contributed by atoms with van der Waals surface area (Å²) in [6.45, 7) is 10.1. The van der Waals surface area contributed by atoms with E-state index in [4.69, 9.17) is 4.74 Å². The van der Waals surface area contributed by atoms with Gasteiger partial charge < -0.3 is 15.0 Å². The maximum Gasteiger partial charge on any atom is 0.226 e. The molecule has 1 N–H and O–H groups in total. The summed E-state index contributed by atoms with van der Waals surface area (Å²) >= 11 is 0. The number of carbonyl (C=O) groups excluding carboxylic acids is 1. The van der Waals surface area contributed by atoms with Crippen LogP contribution in [0.15, 0.2) is 36.5 Å². The predicted octanol–water partition coefficient (Wildman–Crippen LogP) is 4.52. The number of hydrogen-bond acceptors (Lipinski definition) is 5. The number of aromatic nitrogens is 1. The molecule has 4 rings (SSSR count). The van der Waals surface area contributed by atoms with Crippen LogP contribution in [0.4, 0.5) is 0 Å². The Morgan fingerprint density at radius 1 is 1.11 bits per heavy atom. The fourth-order valence-electron chi connectivity index (χ4n) is 5.40. The van der Waals surface area contributed by atoms with Crippen LogP contribution in [-0.4, -0.2) is 66.6 Å². The van der Waals surface area contributed by atoms with E-state index in [1.807, 2.05) is 25.3 Å². The smallest absolute Gasteiger partial charge is 0.226 e. The molecule has 2 aliphatic rings. The minimum atomic E-state index is 0.0696. The number of benzene rings is 1. The van der Waals surface area contributed by atoms with Crippen LogP contribution in [0.1, 0.15) is 57.2 Å². The lowest BCUT2D eigenvalue weighted by Crippen LogP contribution is -2.43. The van der Waals surface area contributed by atoms with Crippen LogP contribution in [0.3, 0.4) is 0 Å². The summed E-state index contributed by atoms with van der Waals surface area (Å²) in [5.41, 5.74) is 4.33. The van der Waals surface area contributed by atoms with E-state index >= 15 is 0 Å². The monoisotopic (exact) mass is 478 g/mol. The summed E-state index contributed by atoms with van der Waals surface area (Å²) in [4.78, 5) is 22.2. The number of likely N-dealkylation sites (N-methyl/N-ethyl adjacent to an activating group) is 1. The van der Waals surface area contributed by atoms with Crippen molar-refractivity contribution in [2.75, 3.05) is 39.8 Å². The van der Waals surface area contributed by atoms with E-state index in [1.54, 1.807) is 0 Å². The summed E-state index contributed by atoms with van der Waals surface area (Å²) in [6, 6.07) is 10.7. The molecule has 2 aromatic rings. The molecule has 0 radical (unpaired) electrons. The SMILES string of the molecule is CCOc1ccc(-c2ccc(CC(=O)N[C@H](C)C3CCCCC3)nc2)c(CN2CCN(C)CC2)c1. The lowest BCUT2D eigenvalue weighted by molar-refractivity contribution is -0.121. The van der Waals surface area contributed by atoms with Gasteiger partial charge in [0.15, 0.2) is 0 Å². The van der Waals surface area contributed by atoms with E-state index in [2.05, 4.69) is 52.3 Å². The van der Waals surface area contributed by atoms with Gasteiger partial charge in [-0.2, -0.15) is 0 Å². The first kappa shape index (κ1) is 25.6. The van der Waals surface area contributed by atoms with Gasteiger partial charge in [-0.25, -0.2) is 0 Å². The number of hydrogen-bond donors (Lipinski definition) is 1. The van der Waals surface area contributed by atoms with Crippen molar-refractivity contribution in [1.82, 2.24) is 20.1 Å². The molecule has 190 valence electrons. The second-order valence-electron chi connectivity index (χ2n) is 10.3. The van der Waals surface area contributed by atoms with Gasteiger partial charge in [-0.3, -0.25) is 14.7 Å². The van der Waals surface area contributed by atoms with Gasteiger partial charge in [0.1, 0.15) is 5.75 Å². The largest absolute Gasteiger partial charge is 0.494 e. The van der Waals surface area contributed by atoms with E-state index < -0.39 is 0 Å². The average molecular weight is 479 g/mol. The zero-order valence-corrected chi connectivity index (χ0v) is 21.8. The molecule has 1 aromatic heterocycles. The topological polar surface area (TPSA) is 57.7 Å². The van der Waals surface area contributed by atoms with E-state index in [1.165, 1.54) is 43.2 Å². The zero-order valence-electron chi connectivity index (χ0n) is 21.8. The highest BCUT2D eigenvalue weighted by Gasteiger charge is 2.22. The predicted molar refractivity (Wildman–Crippen MR) is 141 cm³/mol. The fourth-order valence-corrected chi connectivity index (χ4v) is 5.40. The summed E-state index contributed by atoms with van der Waals surface area (Å²) in [7, 11) is 2.18. The second-order valence-corrected chi connectivity index (χ2v) is 10.3. The molecular weight excluding hydrogens is 436 g/mol. The van der Waals surface area contributed by atoms with E-state index in [9.17, 15) is 4.79 Å². The lowest BCUT2D eigenvalue weighted by atomic mass is 9.84. The maximum atomic E-state index is 12.6. The molecule has 1 amide bonds. The van der Waals surface area contributed by atoms with Crippen molar-refractivity contribution in [1.29, 1.82) is 0 Å². The van der Waals surface area contributed by atoms with Crippen LogP contribution in [0.25, 0.3) is 11.1 Å². The van der Waals surface area contributed by atoms with Gasteiger partial charge in [0.05, 0.1) is 13.0 Å². The number of nitrogens with zero attached hydrogens (tertiary/aromatic N) is 3. The third kappa shape index (κ3) is 7.28. The van der Waals surface area contributed by atoms with Crippen molar-refractivity contribution in [3.8, 4) is 16.9 Å². The zero-order chi connectivity index (χ0) is 24.6. The summed E-state index contributed by atoms with van der Waals surface area (Å²) in [5, 5.41) is 3.22. The van der Waals surface area contributed by atoms with Gasteiger partial charge in [0, 0.05) is 56.2 Å². The standard InChI is InChI=1S/C29H42N4O2/c1-4-35-27-12-13-28(25(18-27)21-33-16-14-32(3)15-17-33)24-10-11-26(30-20-24)19-29(34)31-22(2)23-8-6-5-7-9-23/h10-13,18,20,22-23H,4-9,14-17,19,21H2,1-3H3,(H,31,34)/t22-/m1/s1. The molecule has 6 heteroatoms. The van der Waals surface area contributed by atoms with E-state index in [0.717, 1.165) is 49.7 Å². The van der Waals surface area contributed by atoms with Gasteiger partial charge in [0.2, 0.25) is 5.91 Å². The van der Waals surface area contributed by atoms with Crippen molar-refractivity contribution in [3.63, 3.8) is 0 Å². The molecule has 2 fully saturated rings. The summed E-state index contributed by atoms with van der Waals surface area (Å²) in [5.74, 6) is 1.59. The summed E-state index contributed by atoms with van der Waals surface area (Å²) < 4.78 is 5.79. The third-order valence-corrected chi connectivity index (χ3v) is 7.60. The molecule has 0 bridgehead atoms. The Labute approximate surface area is 211 Å². The normalized spacial score (nSPS) is 18.8. The number of ether oxygens (including phenoxy) is 1. The first-order valence-electron chi connectivity index (χ1n) is 13.4. The molecule has 1 atom stereocenters. The van der Waals surface area contributed by atoms with Crippen molar-refractivity contribution in [3.05, 3.63) is 47.8 Å².